The Morgan fingerprint density at radius 2 is 1.21 bits per heavy atom. The Bertz CT molecular complexity index is 852. The van der Waals surface area contributed by atoms with Crippen molar-refractivity contribution < 1.29 is 4.74 Å². The molecule has 1 aliphatic rings. The summed E-state index contributed by atoms with van der Waals surface area (Å²) in [6.07, 6.45) is 3.34. The van der Waals surface area contributed by atoms with E-state index in [-0.39, 0.29) is 0 Å². The fraction of sp³-hybridized carbons (Fsp3) is 0.259. The first-order valence-corrected chi connectivity index (χ1v) is 10.6. The van der Waals surface area contributed by atoms with Crippen LogP contribution in [0.2, 0.25) is 0 Å². The molecule has 0 aromatic heterocycles. The van der Waals surface area contributed by atoms with E-state index in [1.54, 1.807) is 5.57 Å². The van der Waals surface area contributed by atoms with Crippen LogP contribution in [0.5, 0.6) is 5.75 Å². The molecule has 2 nitrogen and oxygen atoms in total. The van der Waals surface area contributed by atoms with Gasteiger partial charge in [-0.05, 0) is 48.1 Å². The van der Waals surface area contributed by atoms with Gasteiger partial charge >= 0.3 is 0 Å². The molecule has 3 aromatic carbocycles. The van der Waals surface area contributed by atoms with E-state index in [0.29, 0.717) is 0 Å². The minimum absolute atomic E-state index is 0.780. The van der Waals surface area contributed by atoms with Crippen molar-refractivity contribution in [1.82, 2.24) is 4.90 Å². The van der Waals surface area contributed by atoms with Crippen molar-refractivity contribution in [3.05, 3.63) is 108 Å². The second-order valence-electron chi connectivity index (χ2n) is 7.57. The molecule has 0 atom stereocenters. The van der Waals surface area contributed by atoms with E-state index in [4.69, 9.17) is 4.74 Å². The predicted molar refractivity (Wildman–Crippen MR) is 121 cm³/mol. The second-order valence-corrected chi connectivity index (χ2v) is 7.57. The Labute approximate surface area is 174 Å². The Balaban J connectivity index is 1.36. The van der Waals surface area contributed by atoms with Crippen LogP contribution in [0.25, 0.3) is 5.57 Å². The average Bonchev–Trinajstić information content (AvgIpc) is 2.80. The Morgan fingerprint density at radius 3 is 1.76 bits per heavy atom. The number of nitrogens with zero attached hydrogens (tertiary/aromatic N) is 1. The van der Waals surface area contributed by atoms with Crippen LogP contribution in [0.15, 0.2) is 96.6 Å². The highest BCUT2D eigenvalue weighted by atomic mass is 16.5. The fourth-order valence-corrected chi connectivity index (χ4v) is 4.08. The summed E-state index contributed by atoms with van der Waals surface area (Å²) in [5.74, 6) is 0.965. The molecule has 1 heterocycles. The maximum Gasteiger partial charge on any atom is 0.119 e. The standard InChI is InChI=1S/C27H29NO/c1-4-11-23(12-5-1)27(24-13-6-2-7-14-24)25-17-20-28(21-18-25)19-10-22-29-26-15-8-3-9-16-26/h1-9,11-16H,10,17-22H2. The summed E-state index contributed by atoms with van der Waals surface area (Å²) in [6.45, 7) is 4.14. The molecule has 4 rings (SSSR count). The van der Waals surface area contributed by atoms with E-state index >= 15 is 0 Å². The predicted octanol–water partition coefficient (Wildman–Crippen LogP) is 6.05. The molecule has 0 saturated carbocycles. The van der Waals surface area contributed by atoms with Crippen LogP contribution in [0.4, 0.5) is 0 Å². The van der Waals surface area contributed by atoms with Crippen LogP contribution in [-0.2, 0) is 0 Å². The molecule has 1 saturated heterocycles. The summed E-state index contributed by atoms with van der Waals surface area (Å²) in [4.78, 5) is 2.57. The van der Waals surface area contributed by atoms with Gasteiger partial charge in [-0.1, -0.05) is 84.4 Å². The fourth-order valence-electron chi connectivity index (χ4n) is 4.08. The first-order chi connectivity index (χ1) is 14.4. The van der Waals surface area contributed by atoms with Gasteiger partial charge in [0.05, 0.1) is 6.61 Å². The minimum Gasteiger partial charge on any atom is -0.494 e. The van der Waals surface area contributed by atoms with Crippen LogP contribution in [0, 0.1) is 0 Å². The van der Waals surface area contributed by atoms with Crippen molar-refractivity contribution in [2.45, 2.75) is 19.3 Å². The zero-order valence-corrected chi connectivity index (χ0v) is 17.0. The maximum atomic E-state index is 5.84. The van der Waals surface area contributed by atoms with Crippen LogP contribution in [-0.4, -0.2) is 31.1 Å². The van der Waals surface area contributed by atoms with Crippen LogP contribution in [0.1, 0.15) is 30.4 Å². The van der Waals surface area contributed by atoms with E-state index < -0.39 is 0 Å². The van der Waals surface area contributed by atoms with E-state index in [2.05, 4.69) is 65.6 Å². The van der Waals surface area contributed by atoms with Crippen molar-refractivity contribution in [2.75, 3.05) is 26.2 Å². The highest BCUT2D eigenvalue weighted by Crippen LogP contribution is 2.32. The molecule has 1 aliphatic heterocycles. The Kier molecular flexibility index (Phi) is 6.77. The number of rotatable bonds is 7. The molecule has 0 bridgehead atoms. The van der Waals surface area contributed by atoms with E-state index in [0.717, 1.165) is 51.3 Å². The quantitative estimate of drug-likeness (QED) is 0.460. The Hall–Kier alpha value is -2.84. The van der Waals surface area contributed by atoms with Gasteiger partial charge in [-0.15, -0.1) is 0 Å². The summed E-state index contributed by atoms with van der Waals surface area (Å²) in [6, 6.07) is 31.8. The summed E-state index contributed by atoms with van der Waals surface area (Å²) >= 11 is 0. The van der Waals surface area contributed by atoms with Gasteiger partial charge in [0, 0.05) is 19.6 Å². The van der Waals surface area contributed by atoms with Crippen LogP contribution < -0.4 is 4.74 Å². The van der Waals surface area contributed by atoms with E-state index in [1.807, 2.05) is 30.3 Å². The van der Waals surface area contributed by atoms with Gasteiger partial charge in [0.1, 0.15) is 5.75 Å². The third kappa shape index (κ3) is 5.36. The Morgan fingerprint density at radius 1 is 0.690 bits per heavy atom. The number of piperidine rings is 1. The number of hydrogen-bond acceptors (Lipinski definition) is 2. The summed E-state index contributed by atoms with van der Waals surface area (Å²) in [7, 11) is 0. The highest BCUT2D eigenvalue weighted by Gasteiger charge is 2.18. The molecule has 148 valence electrons. The van der Waals surface area contributed by atoms with E-state index in [9.17, 15) is 0 Å². The largest absolute Gasteiger partial charge is 0.494 e. The first kappa shape index (κ1) is 19.5. The number of ether oxygens (including phenoxy) is 1. The molecular formula is C27H29NO. The monoisotopic (exact) mass is 383 g/mol. The van der Waals surface area contributed by atoms with Gasteiger partial charge in [-0.3, -0.25) is 0 Å². The first-order valence-electron chi connectivity index (χ1n) is 10.6. The molecule has 3 aromatic rings. The normalized spacial score (nSPS) is 14.6. The third-order valence-electron chi connectivity index (χ3n) is 5.57. The van der Waals surface area contributed by atoms with Gasteiger partial charge < -0.3 is 9.64 Å². The molecule has 0 N–H and O–H groups in total. The summed E-state index contributed by atoms with van der Waals surface area (Å²) in [5.41, 5.74) is 5.68. The molecule has 1 fully saturated rings. The zero-order valence-electron chi connectivity index (χ0n) is 17.0. The third-order valence-corrected chi connectivity index (χ3v) is 5.57. The highest BCUT2D eigenvalue weighted by molar-refractivity contribution is 5.82. The minimum atomic E-state index is 0.780. The molecule has 29 heavy (non-hydrogen) atoms. The molecule has 0 amide bonds. The maximum absolute atomic E-state index is 5.84. The molecule has 0 radical (unpaired) electrons. The van der Waals surface area contributed by atoms with Gasteiger partial charge in [-0.25, -0.2) is 0 Å². The molecule has 0 aliphatic carbocycles. The molecule has 0 spiro atoms. The number of likely N-dealkylation sites (tertiary alicyclic amines) is 1. The van der Waals surface area contributed by atoms with Gasteiger partial charge in [0.25, 0.3) is 0 Å². The molecule has 2 heteroatoms. The van der Waals surface area contributed by atoms with Gasteiger partial charge in [-0.2, -0.15) is 0 Å². The zero-order chi connectivity index (χ0) is 19.7. The lowest BCUT2D eigenvalue weighted by atomic mass is 9.88. The topological polar surface area (TPSA) is 12.5 Å². The SMILES string of the molecule is c1ccc(OCCCN2CCC(=C(c3ccccc3)c3ccccc3)CC2)cc1. The van der Waals surface area contributed by atoms with Crippen molar-refractivity contribution in [3.8, 4) is 5.75 Å². The van der Waals surface area contributed by atoms with Crippen molar-refractivity contribution in [2.24, 2.45) is 0 Å². The van der Waals surface area contributed by atoms with Gasteiger partial charge in [0.2, 0.25) is 0 Å². The van der Waals surface area contributed by atoms with Crippen molar-refractivity contribution >= 4 is 5.57 Å². The molecule has 0 unspecified atom stereocenters. The lowest BCUT2D eigenvalue weighted by molar-refractivity contribution is 0.223. The number of hydrogen-bond donors (Lipinski definition) is 0. The van der Waals surface area contributed by atoms with Crippen molar-refractivity contribution in [1.29, 1.82) is 0 Å². The lowest BCUT2D eigenvalue weighted by Gasteiger charge is -2.30. The summed E-state index contributed by atoms with van der Waals surface area (Å²) < 4.78 is 5.84. The average molecular weight is 384 g/mol. The van der Waals surface area contributed by atoms with Gasteiger partial charge in [0.15, 0.2) is 0 Å². The number of para-hydroxylation sites is 1. The lowest BCUT2D eigenvalue weighted by Crippen LogP contribution is -2.32. The second kappa shape index (κ2) is 10.1. The molecular weight excluding hydrogens is 354 g/mol. The van der Waals surface area contributed by atoms with Crippen LogP contribution in [0.3, 0.4) is 0 Å². The number of benzene rings is 3. The van der Waals surface area contributed by atoms with E-state index in [1.165, 1.54) is 16.7 Å². The smallest absolute Gasteiger partial charge is 0.119 e. The van der Waals surface area contributed by atoms with Crippen molar-refractivity contribution in [3.63, 3.8) is 0 Å². The van der Waals surface area contributed by atoms with Crippen LogP contribution >= 0.6 is 0 Å². The summed E-state index contributed by atoms with van der Waals surface area (Å²) in [5, 5.41) is 0.